The number of amidine groups is 1. The lowest BCUT2D eigenvalue weighted by Gasteiger charge is -2.06. The number of hydrogen-bond donors (Lipinski definition) is 2. The molecular weight excluding hydrogens is 196 g/mol. The van der Waals surface area contributed by atoms with Gasteiger partial charge >= 0.3 is 0 Å². The van der Waals surface area contributed by atoms with Gasteiger partial charge in [0.15, 0.2) is 15.0 Å². The summed E-state index contributed by atoms with van der Waals surface area (Å²) in [5.74, 6) is 0.0725. The van der Waals surface area contributed by atoms with Gasteiger partial charge in [0, 0.05) is 10.7 Å². The molecule has 4 nitrogen and oxygen atoms in total. The van der Waals surface area contributed by atoms with Crippen molar-refractivity contribution in [2.75, 3.05) is 5.75 Å². The van der Waals surface area contributed by atoms with Gasteiger partial charge in [-0.3, -0.25) is 5.41 Å². The van der Waals surface area contributed by atoms with Gasteiger partial charge in [0.2, 0.25) is 0 Å². The third-order valence-corrected chi connectivity index (χ3v) is 4.34. The Balaban J connectivity index is 2.76. The van der Waals surface area contributed by atoms with Crippen LogP contribution in [0.2, 0.25) is 0 Å². The van der Waals surface area contributed by atoms with Crippen LogP contribution in [0.5, 0.6) is 0 Å². The monoisotopic (exact) mass is 206 g/mol. The number of nitrogens with two attached hydrogens (primary N) is 1. The molecule has 68 valence electrons. The molecule has 0 radical (unpaired) electrons. The average Bonchev–Trinajstić information content (AvgIpc) is 2.03. The molecule has 0 fully saturated rings. The van der Waals surface area contributed by atoms with Crippen LogP contribution in [-0.4, -0.2) is 24.6 Å². The smallest absolute Gasteiger partial charge is 0.173 e. The minimum absolute atomic E-state index is 0.0372. The number of sulfone groups is 1. The predicted octanol–water partition coefficient (Wildman–Crippen LogP) is 0.314. The third kappa shape index (κ3) is 2.25. The predicted molar refractivity (Wildman–Crippen MR) is 50.8 cm³/mol. The van der Waals surface area contributed by atoms with E-state index in [4.69, 9.17) is 11.1 Å². The summed E-state index contributed by atoms with van der Waals surface area (Å²) in [6.07, 6.45) is 0. The van der Waals surface area contributed by atoms with Gasteiger partial charge in [-0.05, 0) is 12.5 Å². The Morgan fingerprint density at radius 1 is 1.83 bits per heavy atom. The molecule has 6 heteroatoms. The Hall–Kier alpha value is -0.490. The van der Waals surface area contributed by atoms with Crippen LogP contribution in [0.3, 0.4) is 0 Å². The van der Waals surface area contributed by atoms with Gasteiger partial charge in [0.25, 0.3) is 0 Å². The molecule has 0 amide bonds. The van der Waals surface area contributed by atoms with E-state index >= 15 is 0 Å². The van der Waals surface area contributed by atoms with Crippen molar-refractivity contribution < 1.29 is 8.42 Å². The molecule has 1 aliphatic rings. The molecule has 0 aromatic rings. The van der Waals surface area contributed by atoms with E-state index in [9.17, 15) is 8.42 Å². The molecule has 1 rings (SSSR count). The second-order valence-corrected chi connectivity index (χ2v) is 5.80. The van der Waals surface area contributed by atoms with E-state index in [1.54, 1.807) is 6.92 Å². The van der Waals surface area contributed by atoms with Gasteiger partial charge < -0.3 is 5.73 Å². The molecule has 3 N–H and O–H groups in total. The zero-order valence-corrected chi connectivity index (χ0v) is 8.21. The minimum Gasteiger partial charge on any atom is -0.379 e. The largest absolute Gasteiger partial charge is 0.379 e. The molecule has 1 aliphatic heterocycles. The lowest BCUT2D eigenvalue weighted by atomic mass is 10.3. The number of thioether (sulfide) groups is 1. The summed E-state index contributed by atoms with van der Waals surface area (Å²) in [5, 5.41) is 8.06. The molecule has 0 aromatic heterocycles. The highest BCUT2D eigenvalue weighted by Crippen LogP contribution is 2.27. The highest BCUT2D eigenvalue weighted by atomic mass is 32.2. The second-order valence-electron chi connectivity index (χ2n) is 2.66. The lowest BCUT2D eigenvalue weighted by molar-refractivity contribution is 0.606. The molecule has 0 saturated carbocycles. The van der Waals surface area contributed by atoms with E-state index in [1.807, 2.05) is 0 Å². The lowest BCUT2D eigenvalue weighted by Crippen LogP contribution is -2.16. The quantitative estimate of drug-likeness (QED) is 0.478. The highest BCUT2D eigenvalue weighted by molar-refractivity contribution is 8.15. The van der Waals surface area contributed by atoms with Crippen LogP contribution in [0.15, 0.2) is 11.0 Å². The average molecular weight is 206 g/mol. The normalized spacial score (nSPS) is 26.8. The number of rotatable bonds is 1. The van der Waals surface area contributed by atoms with Crippen LogP contribution in [0, 0.1) is 5.41 Å². The molecule has 1 atom stereocenters. The van der Waals surface area contributed by atoms with Crippen molar-refractivity contribution in [1.82, 2.24) is 0 Å². The molecule has 0 bridgehead atoms. The molecule has 1 heterocycles. The number of hydrogen-bond acceptors (Lipinski definition) is 4. The van der Waals surface area contributed by atoms with E-state index in [1.165, 1.54) is 5.41 Å². The summed E-state index contributed by atoms with van der Waals surface area (Å²) >= 11 is 1.09. The van der Waals surface area contributed by atoms with Crippen molar-refractivity contribution in [3.05, 3.63) is 11.0 Å². The third-order valence-electron chi connectivity index (χ3n) is 1.53. The summed E-state index contributed by atoms with van der Waals surface area (Å²) in [4.78, 5) is 0. The first-order valence-electron chi connectivity index (χ1n) is 3.32. The van der Waals surface area contributed by atoms with E-state index in [0.717, 1.165) is 17.3 Å². The van der Waals surface area contributed by atoms with Crippen molar-refractivity contribution in [2.45, 2.75) is 12.2 Å². The van der Waals surface area contributed by atoms with Crippen LogP contribution in [0.25, 0.3) is 0 Å². The highest BCUT2D eigenvalue weighted by Gasteiger charge is 2.27. The van der Waals surface area contributed by atoms with Crippen molar-refractivity contribution in [3.8, 4) is 0 Å². The van der Waals surface area contributed by atoms with Crippen LogP contribution in [0.1, 0.15) is 6.92 Å². The molecule has 0 aliphatic carbocycles. The van der Waals surface area contributed by atoms with Gasteiger partial charge in [-0.2, -0.15) is 0 Å². The zero-order chi connectivity index (χ0) is 9.35. The molecular formula is C6H10N2O2S2. The molecule has 12 heavy (non-hydrogen) atoms. The first-order chi connectivity index (χ1) is 5.41. The van der Waals surface area contributed by atoms with E-state index in [0.29, 0.717) is 0 Å². The maximum atomic E-state index is 11.0. The standard InChI is InChI=1S/C6H10N2O2S2/c1-4-2-12(9,10)3-5(4)11-6(7)8/h2,5H,3H2,1H3,(H3,7,8). The van der Waals surface area contributed by atoms with Crippen LogP contribution < -0.4 is 5.73 Å². The maximum absolute atomic E-state index is 11.0. The van der Waals surface area contributed by atoms with Crippen LogP contribution >= 0.6 is 11.8 Å². The first kappa shape index (κ1) is 9.60. The van der Waals surface area contributed by atoms with Crippen molar-refractivity contribution >= 4 is 26.8 Å². The van der Waals surface area contributed by atoms with Crippen LogP contribution in [0.4, 0.5) is 0 Å². The topological polar surface area (TPSA) is 84.0 Å². The van der Waals surface area contributed by atoms with Gasteiger partial charge in [-0.1, -0.05) is 11.8 Å². The molecule has 0 aromatic carbocycles. The second kappa shape index (κ2) is 3.10. The van der Waals surface area contributed by atoms with Crippen molar-refractivity contribution in [1.29, 1.82) is 5.41 Å². The SMILES string of the molecule is CC1=CS(=O)(=O)CC1SC(=N)N. The molecule has 0 saturated heterocycles. The summed E-state index contributed by atoms with van der Waals surface area (Å²) in [7, 11) is -3.03. The zero-order valence-electron chi connectivity index (χ0n) is 6.57. The minimum atomic E-state index is -3.03. The summed E-state index contributed by atoms with van der Waals surface area (Å²) in [6.45, 7) is 1.74. The Kier molecular flexibility index (Phi) is 2.48. The fraction of sp³-hybridized carbons (Fsp3) is 0.500. The maximum Gasteiger partial charge on any atom is 0.173 e. The Bertz CT molecular complexity index is 331. The van der Waals surface area contributed by atoms with Crippen molar-refractivity contribution in [2.24, 2.45) is 5.73 Å². The Labute approximate surface area is 75.6 Å². The van der Waals surface area contributed by atoms with Gasteiger partial charge in [0.1, 0.15) is 0 Å². The van der Waals surface area contributed by atoms with Gasteiger partial charge in [-0.15, -0.1) is 0 Å². The fourth-order valence-corrected chi connectivity index (χ4v) is 4.03. The van der Waals surface area contributed by atoms with E-state index < -0.39 is 9.84 Å². The fourth-order valence-electron chi connectivity index (χ4n) is 1.03. The van der Waals surface area contributed by atoms with E-state index in [2.05, 4.69) is 0 Å². The van der Waals surface area contributed by atoms with E-state index in [-0.39, 0.29) is 16.2 Å². The van der Waals surface area contributed by atoms with Gasteiger partial charge in [0.05, 0.1) is 5.75 Å². The summed E-state index contributed by atoms with van der Waals surface area (Å²) in [6, 6.07) is 0. The summed E-state index contributed by atoms with van der Waals surface area (Å²) in [5.41, 5.74) is 5.92. The molecule has 0 spiro atoms. The number of nitrogens with one attached hydrogen (secondary N) is 1. The van der Waals surface area contributed by atoms with Crippen molar-refractivity contribution in [3.63, 3.8) is 0 Å². The van der Waals surface area contributed by atoms with Gasteiger partial charge in [-0.25, -0.2) is 8.42 Å². The van der Waals surface area contributed by atoms with Crippen LogP contribution in [-0.2, 0) is 9.84 Å². The Morgan fingerprint density at radius 2 is 2.42 bits per heavy atom. The Morgan fingerprint density at radius 3 is 2.75 bits per heavy atom. The molecule has 1 unspecified atom stereocenters. The first-order valence-corrected chi connectivity index (χ1v) is 5.92. The summed E-state index contributed by atoms with van der Waals surface area (Å²) < 4.78 is 22.1.